The molecule has 0 aromatic heterocycles. The predicted octanol–water partition coefficient (Wildman–Crippen LogP) is 3.26. The molecule has 0 aliphatic carbocycles. The highest BCUT2D eigenvalue weighted by molar-refractivity contribution is 5.94. The molecule has 5 nitrogen and oxygen atoms in total. The van der Waals surface area contributed by atoms with Gasteiger partial charge in [-0.05, 0) is 50.5 Å². The monoisotopic (exact) mass is 346 g/mol. The number of amides is 2. The Labute approximate surface area is 150 Å². The molecule has 0 bridgehead atoms. The molecule has 0 spiro atoms. The molecule has 0 atom stereocenters. The first-order valence-electron chi connectivity index (χ1n) is 9.37. The summed E-state index contributed by atoms with van der Waals surface area (Å²) in [7, 11) is 0. The van der Waals surface area contributed by atoms with Crippen molar-refractivity contribution in [3.63, 3.8) is 0 Å². The Kier molecular flexibility index (Phi) is 7.29. The molecule has 1 aliphatic rings. The van der Waals surface area contributed by atoms with Gasteiger partial charge in [0.1, 0.15) is 5.75 Å². The molecule has 5 heteroatoms. The summed E-state index contributed by atoms with van der Waals surface area (Å²) in [4.78, 5) is 28.8. The van der Waals surface area contributed by atoms with Gasteiger partial charge < -0.3 is 14.5 Å². The van der Waals surface area contributed by atoms with E-state index in [2.05, 4.69) is 6.92 Å². The molecule has 1 aromatic rings. The fraction of sp³-hybridized carbons (Fsp3) is 0.600. The molecule has 0 unspecified atom stereocenters. The molecule has 25 heavy (non-hydrogen) atoms. The summed E-state index contributed by atoms with van der Waals surface area (Å²) in [6, 6.07) is 5.59. The number of rotatable bonds is 6. The third-order valence-corrected chi connectivity index (χ3v) is 4.60. The predicted molar refractivity (Wildman–Crippen MR) is 99.0 cm³/mol. The fourth-order valence-electron chi connectivity index (χ4n) is 3.14. The van der Waals surface area contributed by atoms with E-state index in [9.17, 15) is 9.59 Å². The van der Waals surface area contributed by atoms with Crippen LogP contribution in [-0.2, 0) is 4.79 Å². The number of carbonyl (C=O) groups excluding carboxylic acids is 2. The normalized spacial score (nSPS) is 15.0. The lowest BCUT2D eigenvalue weighted by Crippen LogP contribution is -2.37. The van der Waals surface area contributed by atoms with E-state index in [1.165, 1.54) is 0 Å². The van der Waals surface area contributed by atoms with Gasteiger partial charge in [-0.2, -0.15) is 0 Å². The summed E-state index contributed by atoms with van der Waals surface area (Å²) in [6.45, 7) is 9.28. The van der Waals surface area contributed by atoms with Gasteiger partial charge in [0.2, 0.25) is 5.91 Å². The quantitative estimate of drug-likeness (QED) is 0.794. The summed E-state index contributed by atoms with van der Waals surface area (Å²) in [5.74, 6) is 1.07. The first kappa shape index (κ1) is 19.3. The van der Waals surface area contributed by atoms with Crippen molar-refractivity contribution in [2.45, 2.75) is 46.5 Å². The van der Waals surface area contributed by atoms with Crippen LogP contribution < -0.4 is 4.74 Å². The second-order valence-electron chi connectivity index (χ2n) is 6.54. The molecule has 1 fully saturated rings. The van der Waals surface area contributed by atoms with E-state index in [4.69, 9.17) is 4.74 Å². The van der Waals surface area contributed by atoms with Gasteiger partial charge in [0.15, 0.2) is 0 Å². The van der Waals surface area contributed by atoms with Gasteiger partial charge in [0.05, 0.1) is 6.61 Å². The van der Waals surface area contributed by atoms with E-state index in [1.54, 1.807) is 0 Å². The zero-order valence-corrected chi connectivity index (χ0v) is 15.7. The molecule has 1 saturated heterocycles. The minimum absolute atomic E-state index is 0.0361. The first-order valence-corrected chi connectivity index (χ1v) is 9.37. The highest BCUT2D eigenvalue weighted by Gasteiger charge is 2.22. The Bertz CT molecular complexity index is 601. The van der Waals surface area contributed by atoms with E-state index in [1.807, 2.05) is 41.8 Å². The van der Waals surface area contributed by atoms with Crippen molar-refractivity contribution < 1.29 is 14.3 Å². The Morgan fingerprint density at radius 2 is 1.80 bits per heavy atom. The SMILES string of the molecule is CCCCC(=O)N1CCCN(C(=O)c2ccc(OCC)c(C)c2)CC1. The minimum atomic E-state index is 0.0361. The molecule has 138 valence electrons. The summed E-state index contributed by atoms with van der Waals surface area (Å²) in [5.41, 5.74) is 1.66. The summed E-state index contributed by atoms with van der Waals surface area (Å²) < 4.78 is 5.54. The number of aryl methyl sites for hydroxylation is 1. The van der Waals surface area contributed by atoms with E-state index >= 15 is 0 Å². The number of carbonyl (C=O) groups is 2. The highest BCUT2D eigenvalue weighted by Crippen LogP contribution is 2.20. The van der Waals surface area contributed by atoms with Gasteiger partial charge in [-0.1, -0.05) is 13.3 Å². The van der Waals surface area contributed by atoms with E-state index in [0.717, 1.165) is 37.1 Å². The van der Waals surface area contributed by atoms with Gasteiger partial charge in [-0.25, -0.2) is 0 Å². The molecule has 2 rings (SSSR count). The van der Waals surface area contributed by atoms with Crippen LogP contribution in [-0.4, -0.2) is 54.4 Å². The van der Waals surface area contributed by atoms with Crippen LogP contribution in [0.1, 0.15) is 55.5 Å². The number of nitrogens with zero attached hydrogens (tertiary/aromatic N) is 2. The number of ether oxygens (including phenoxy) is 1. The van der Waals surface area contributed by atoms with Crippen LogP contribution in [0.25, 0.3) is 0 Å². The molecular formula is C20H30N2O3. The van der Waals surface area contributed by atoms with Crippen molar-refractivity contribution >= 4 is 11.8 Å². The number of benzene rings is 1. The molecule has 2 amide bonds. The summed E-state index contributed by atoms with van der Waals surface area (Å²) in [6.07, 6.45) is 3.41. The van der Waals surface area contributed by atoms with Gasteiger partial charge in [0.25, 0.3) is 5.91 Å². The second kappa shape index (κ2) is 9.44. The lowest BCUT2D eigenvalue weighted by atomic mass is 10.1. The number of unbranched alkanes of at least 4 members (excludes halogenated alkanes) is 1. The highest BCUT2D eigenvalue weighted by atomic mass is 16.5. The summed E-state index contributed by atoms with van der Waals surface area (Å²) >= 11 is 0. The molecule has 1 aliphatic heterocycles. The molecular weight excluding hydrogens is 316 g/mol. The third kappa shape index (κ3) is 5.21. The topological polar surface area (TPSA) is 49.9 Å². The maximum atomic E-state index is 12.8. The van der Waals surface area contributed by atoms with Crippen molar-refractivity contribution in [2.75, 3.05) is 32.8 Å². The van der Waals surface area contributed by atoms with Gasteiger partial charge in [-0.3, -0.25) is 9.59 Å². The molecule has 1 heterocycles. The van der Waals surface area contributed by atoms with Crippen LogP contribution in [0.4, 0.5) is 0 Å². The zero-order chi connectivity index (χ0) is 18.2. The van der Waals surface area contributed by atoms with Crippen molar-refractivity contribution in [1.82, 2.24) is 9.80 Å². The van der Waals surface area contributed by atoms with E-state index < -0.39 is 0 Å². The molecule has 0 radical (unpaired) electrons. The van der Waals surface area contributed by atoms with Crippen LogP contribution in [0.15, 0.2) is 18.2 Å². The molecule has 0 N–H and O–H groups in total. The average Bonchev–Trinajstić information content (AvgIpc) is 2.87. The Balaban J connectivity index is 1.98. The van der Waals surface area contributed by atoms with Crippen molar-refractivity contribution in [1.29, 1.82) is 0 Å². The Morgan fingerprint density at radius 1 is 1.08 bits per heavy atom. The smallest absolute Gasteiger partial charge is 0.253 e. The van der Waals surface area contributed by atoms with E-state index in [0.29, 0.717) is 38.2 Å². The summed E-state index contributed by atoms with van der Waals surface area (Å²) in [5, 5.41) is 0. The van der Waals surface area contributed by atoms with Crippen molar-refractivity contribution in [2.24, 2.45) is 0 Å². The maximum absolute atomic E-state index is 12.8. The van der Waals surface area contributed by atoms with Crippen LogP contribution in [0.2, 0.25) is 0 Å². The lowest BCUT2D eigenvalue weighted by Gasteiger charge is -2.22. The Hall–Kier alpha value is -2.04. The minimum Gasteiger partial charge on any atom is -0.494 e. The maximum Gasteiger partial charge on any atom is 0.253 e. The second-order valence-corrected chi connectivity index (χ2v) is 6.54. The molecule has 1 aromatic carbocycles. The Morgan fingerprint density at radius 3 is 2.48 bits per heavy atom. The van der Waals surface area contributed by atoms with Crippen LogP contribution in [0.5, 0.6) is 5.75 Å². The standard InChI is InChI=1S/C20H30N2O3/c1-4-6-8-19(23)21-11-7-12-22(14-13-21)20(24)17-9-10-18(25-5-2)16(3)15-17/h9-10,15H,4-8,11-14H2,1-3H3. The third-order valence-electron chi connectivity index (χ3n) is 4.60. The van der Waals surface area contributed by atoms with Gasteiger partial charge >= 0.3 is 0 Å². The largest absolute Gasteiger partial charge is 0.494 e. The lowest BCUT2D eigenvalue weighted by molar-refractivity contribution is -0.131. The fourth-order valence-corrected chi connectivity index (χ4v) is 3.14. The van der Waals surface area contributed by atoms with Crippen LogP contribution in [0, 0.1) is 6.92 Å². The van der Waals surface area contributed by atoms with Gasteiger partial charge in [-0.15, -0.1) is 0 Å². The first-order chi connectivity index (χ1) is 12.1. The van der Waals surface area contributed by atoms with Crippen LogP contribution in [0.3, 0.4) is 0 Å². The average molecular weight is 346 g/mol. The van der Waals surface area contributed by atoms with Crippen molar-refractivity contribution in [3.05, 3.63) is 29.3 Å². The van der Waals surface area contributed by atoms with Crippen LogP contribution >= 0.6 is 0 Å². The molecule has 0 saturated carbocycles. The van der Waals surface area contributed by atoms with Crippen molar-refractivity contribution in [3.8, 4) is 5.75 Å². The van der Waals surface area contributed by atoms with Gasteiger partial charge in [0, 0.05) is 38.2 Å². The number of hydrogen-bond donors (Lipinski definition) is 0. The number of hydrogen-bond acceptors (Lipinski definition) is 3. The zero-order valence-electron chi connectivity index (χ0n) is 15.7. The van der Waals surface area contributed by atoms with E-state index in [-0.39, 0.29) is 11.8 Å².